The maximum atomic E-state index is 13.4. The highest BCUT2D eigenvalue weighted by Crippen LogP contribution is 2.49. The van der Waals surface area contributed by atoms with Crippen molar-refractivity contribution in [3.63, 3.8) is 0 Å². The number of carbonyl (C=O) groups is 1. The molecule has 0 saturated heterocycles. The lowest BCUT2D eigenvalue weighted by molar-refractivity contribution is 0.0974. The lowest BCUT2D eigenvalue weighted by Crippen LogP contribution is -2.59. The summed E-state index contributed by atoms with van der Waals surface area (Å²) in [6.07, 6.45) is 1.66. The maximum absolute atomic E-state index is 13.4. The normalized spacial score (nSPS) is 26.6. The standard InChI is InChI=1S/C18H19BN4O3S2/c1-18(16-20-13(19)10-27-16)14(11-8-9-11)28(25,26)23(2)17(22-18)21-15(24)12-6-4-3-5-7-12/h3-7,10-11,14H,8-9H2,1-2H3,(H,21,22,24). The predicted octanol–water partition coefficient (Wildman–Crippen LogP) is 0.992. The number of carbonyl (C=O) groups excluding carboxylic acids is 1. The molecule has 1 aliphatic heterocycles. The highest BCUT2D eigenvalue weighted by molar-refractivity contribution is 7.90. The number of amides is 1. The van der Waals surface area contributed by atoms with Crippen LogP contribution in [0.1, 0.15) is 35.1 Å². The highest BCUT2D eigenvalue weighted by Gasteiger charge is 2.58. The molecule has 144 valence electrons. The summed E-state index contributed by atoms with van der Waals surface area (Å²) in [6, 6.07) is 8.59. The fraction of sp³-hybridized carbons (Fsp3) is 0.389. The van der Waals surface area contributed by atoms with E-state index in [1.807, 2.05) is 0 Å². The van der Waals surface area contributed by atoms with Crippen molar-refractivity contribution >= 4 is 46.7 Å². The van der Waals surface area contributed by atoms with E-state index in [9.17, 15) is 13.2 Å². The largest absolute Gasteiger partial charge is 0.292 e. The van der Waals surface area contributed by atoms with Crippen LogP contribution in [0.3, 0.4) is 0 Å². The first-order valence-corrected chi connectivity index (χ1v) is 11.3. The number of benzene rings is 1. The van der Waals surface area contributed by atoms with Crippen molar-refractivity contribution in [2.45, 2.75) is 30.6 Å². The Morgan fingerprint density at radius 2 is 2.00 bits per heavy atom. The Morgan fingerprint density at radius 1 is 1.32 bits per heavy atom. The second-order valence-electron chi connectivity index (χ2n) is 7.25. The quantitative estimate of drug-likeness (QED) is 0.759. The third-order valence-corrected chi connectivity index (χ3v) is 8.67. The molecule has 0 bridgehead atoms. The minimum absolute atomic E-state index is 0.0118. The van der Waals surface area contributed by atoms with Crippen LogP contribution in [-0.2, 0) is 15.6 Å². The number of hydrogen-bond acceptors (Lipinski definition) is 6. The van der Waals surface area contributed by atoms with Gasteiger partial charge in [-0.05, 0) is 43.4 Å². The number of thiazole rings is 1. The van der Waals surface area contributed by atoms with Gasteiger partial charge in [-0.1, -0.05) is 18.2 Å². The summed E-state index contributed by atoms with van der Waals surface area (Å²) in [6.45, 7) is 1.76. The molecule has 1 fully saturated rings. The molecule has 10 heteroatoms. The highest BCUT2D eigenvalue weighted by atomic mass is 32.2. The van der Waals surface area contributed by atoms with Crippen molar-refractivity contribution in [1.29, 1.82) is 0 Å². The molecule has 1 aliphatic carbocycles. The summed E-state index contributed by atoms with van der Waals surface area (Å²) in [4.78, 5) is 21.6. The zero-order chi connectivity index (χ0) is 20.1. The van der Waals surface area contributed by atoms with Crippen LogP contribution in [-0.4, -0.2) is 49.7 Å². The van der Waals surface area contributed by atoms with Crippen LogP contribution in [0.15, 0.2) is 40.7 Å². The topological polar surface area (TPSA) is 91.7 Å². The van der Waals surface area contributed by atoms with Crippen LogP contribution in [0.25, 0.3) is 0 Å². The van der Waals surface area contributed by atoms with E-state index < -0.39 is 26.7 Å². The van der Waals surface area contributed by atoms with Gasteiger partial charge in [0, 0.05) is 18.0 Å². The molecule has 2 aromatic rings. The Balaban J connectivity index is 1.79. The second kappa shape index (κ2) is 6.70. The van der Waals surface area contributed by atoms with E-state index in [4.69, 9.17) is 12.8 Å². The molecular weight excluding hydrogens is 395 g/mol. The summed E-state index contributed by atoms with van der Waals surface area (Å²) in [5.41, 5.74) is -0.369. The van der Waals surface area contributed by atoms with Crippen molar-refractivity contribution in [3.05, 3.63) is 46.3 Å². The Hall–Kier alpha value is -2.20. The Bertz CT molecular complexity index is 1050. The van der Waals surface area contributed by atoms with Crippen LogP contribution in [0.2, 0.25) is 0 Å². The Labute approximate surface area is 169 Å². The Kier molecular flexibility index (Phi) is 4.58. The molecule has 4 rings (SSSR count). The molecule has 7 nitrogen and oxygen atoms in total. The summed E-state index contributed by atoms with van der Waals surface area (Å²) in [5.74, 6) is -0.424. The van der Waals surface area contributed by atoms with Gasteiger partial charge in [0.05, 0.1) is 0 Å². The smallest absolute Gasteiger partial charge is 0.257 e. The molecule has 2 heterocycles. The van der Waals surface area contributed by atoms with E-state index in [0.717, 1.165) is 17.1 Å². The Morgan fingerprint density at radius 3 is 2.57 bits per heavy atom. The van der Waals surface area contributed by atoms with Crippen molar-refractivity contribution in [1.82, 2.24) is 14.6 Å². The first-order chi connectivity index (χ1) is 13.2. The minimum atomic E-state index is -3.75. The van der Waals surface area contributed by atoms with E-state index in [2.05, 4.69) is 10.3 Å². The van der Waals surface area contributed by atoms with Crippen LogP contribution in [0.4, 0.5) is 0 Å². The molecule has 1 saturated carbocycles. The van der Waals surface area contributed by atoms with E-state index >= 15 is 0 Å². The number of rotatable bonds is 3. The molecule has 2 aliphatic rings. The van der Waals surface area contributed by atoms with Gasteiger partial charge >= 0.3 is 0 Å². The monoisotopic (exact) mass is 414 g/mol. The molecule has 2 unspecified atom stereocenters. The third kappa shape index (κ3) is 3.14. The number of nitrogens with zero attached hydrogens (tertiary/aromatic N) is 3. The van der Waals surface area contributed by atoms with Gasteiger partial charge in [-0.15, -0.1) is 11.3 Å². The molecule has 0 spiro atoms. The lowest BCUT2D eigenvalue weighted by atomic mass is 9.95. The molecule has 1 N–H and O–H groups in total. The lowest BCUT2D eigenvalue weighted by Gasteiger charge is -2.41. The molecule has 2 atom stereocenters. The summed E-state index contributed by atoms with van der Waals surface area (Å²) < 4.78 is 27.8. The minimum Gasteiger partial charge on any atom is -0.292 e. The summed E-state index contributed by atoms with van der Waals surface area (Å²) in [7, 11) is 3.46. The van der Waals surface area contributed by atoms with Crippen LogP contribution in [0.5, 0.6) is 0 Å². The van der Waals surface area contributed by atoms with Gasteiger partial charge in [0.2, 0.25) is 16.0 Å². The first kappa shape index (κ1) is 19.1. The summed E-state index contributed by atoms with van der Waals surface area (Å²) in [5, 5.41) is 4.12. The van der Waals surface area contributed by atoms with Crippen molar-refractivity contribution in [2.24, 2.45) is 10.9 Å². The zero-order valence-electron chi connectivity index (χ0n) is 15.5. The van der Waals surface area contributed by atoms with Gasteiger partial charge < -0.3 is 0 Å². The van der Waals surface area contributed by atoms with Crippen LogP contribution < -0.4 is 10.9 Å². The number of aromatic nitrogens is 1. The predicted molar refractivity (Wildman–Crippen MR) is 109 cm³/mol. The number of sulfonamides is 1. The maximum Gasteiger partial charge on any atom is 0.257 e. The summed E-state index contributed by atoms with van der Waals surface area (Å²) >= 11 is 1.28. The average Bonchev–Trinajstić information content (AvgIpc) is 3.38. The number of nitrogens with one attached hydrogen (secondary N) is 1. The van der Waals surface area contributed by atoms with E-state index in [-0.39, 0.29) is 11.9 Å². The van der Waals surface area contributed by atoms with E-state index in [1.54, 1.807) is 42.6 Å². The fourth-order valence-electron chi connectivity index (χ4n) is 3.59. The second-order valence-corrected chi connectivity index (χ2v) is 10.2. The van der Waals surface area contributed by atoms with Crippen molar-refractivity contribution in [3.8, 4) is 0 Å². The van der Waals surface area contributed by atoms with Gasteiger partial charge in [0.1, 0.15) is 23.6 Å². The third-order valence-electron chi connectivity index (χ3n) is 5.16. The van der Waals surface area contributed by atoms with Crippen molar-refractivity contribution < 1.29 is 13.2 Å². The fourth-order valence-corrected chi connectivity index (χ4v) is 6.69. The molecule has 1 amide bonds. The number of hydrogen-bond donors (Lipinski definition) is 1. The number of aliphatic imine (C=N–C) groups is 1. The van der Waals surface area contributed by atoms with Gasteiger partial charge in [0.15, 0.2) is 0 Å². The average molecular weight is 414 g/mol. The molecule has 2 radical (unpaired) electrons. The molecule has 1 aromatic heterocycles. The van der Waals surface area contributed by atoms with Crippen molar-refractivity contribution in [2.75, 3.05) is 7.05 Å². The molecular formula is C18H19BN4O3S2. The van der Waals surface area contributed by atoms with Gasteiger partial charge in [-0.2, -0.15) is 0 Å². The van der Waals surface area contributed by atoms with Crippen LogP contribution in [0, 0.1) is 5.92 Å². The van der Waals surface area contributed by atoms with Gasteiger partial charge in [-0.3, -0.25) is 15.1 Å². The van der Waals surface area contributed by atoms with Gasteiger partial charge in [-0.25, -0.2) is 17.7 Å². The molecule has 28 heavy (non-hydrogen) atoms. The van der Waals surface area contributed by atoms with E-state index in [0.29, 0.717) is 16.2 Å². The van der Waals surface area contributed by atoms with E-state index in [1.165, 1.54) is 18.4 Å². The zero-order valence-corrected chi connectivity index (χ0v) is 17.1. The number of guanidine groups is 1. The van der Waals surface area contributed by atoms with Gasteiger partial charge in [0.25, 0.3) is 5.91 Å². The SMILES string of the molecule is [B]c1csc(C2(C)N=C(NC(=O)c3ccccc3)N(C)S(=O)(=O)C2C2CC2)n1. The molecule has 1 aromatic carbocycles. The first-order valence-electron chi connectivity index (χ1n) is 8.89. The van der Waals surface area contributed by atoms with Crippen LogP contribution >= 0.6 is 11.3 Å².